The van der Waals surface area contributed by atoms with Crippen LogP contribution in [-0.4, -0.2) is 48.9 Å². The van der Waals surface area contributed by atoms with Gasteiger partial charge in [-0.1, -0.05) is 13.8 Å². The smallest absolute Gasteiger partial charge is 0.0999 e. The van der Waals surface area contributed by atoms with Gasteiger partial charge in [0.1, 0.15) is 0 Å². The topological polar surface area (TPSA) is 107 Å². The number of aromatic nitrogens is 5. The quantitative estimate of drug-likeness (QED) is 0.515. The molecule has 1 fully saturated rings. The van der Waals surface area contributed by atoms with E-state index in [1.807, 2.05) is 27.7 Å². The van der Waals surface area contributed by atoms with Gasteiger partial charge < -0.3 is 10.8 Å². The Kier molecular flexibility index (Phi) is 6.46. The molecule has 1 aliphatic rings. The average Bonchev–Trinajstić information content (AvgIpc) is 3.42. The van der Waals surface area contributed by atoms with Crippen LogP contribution in [0.1, 0.15) is 51.3 Å². The van der Waals surface area contributed by atoms with E-state index in [-0.39, 0.29) is 6.61 Å². The lowest BCUT2D eigenvalue weighted by atomic mass is 9.75. The monoisotopic (exact) mass is 421 g/mol. The second-order valence-corrected chi connectivity index (χ2v) is 8.32. The summed E-state index contributed by atoms with van der Waals surface area (Å²) in [5, 5.41) is 18.2. The molecule has 0 saturated heterocycles. The van der Waals surface area contributed by atoms with Crippen LogP contribution in [0.3, 0.4) is 0 Å². The fourth-order valence-electron chi connectivity index (χ4n) is 4.27. The van der Waals surface area contributed by atoms with Gasteiger partial charge in [-0.05, 0) is 43.6 Å². The van der Waals surface area contributed by atoms with Crippen molar-refractivity contribution >= 4 is 17.3 Å². The first-order chi connectivity index (χ1) is 15.2. The minimum Gasteiger partial charge on any atom is -0.404 e. The molecule has 1 saturated carbocycles. The Morgan fingerprint density at radius 2 is 2.06 bits per heavy atom. The summed E-state index contributed by atoms with van der Waals surface area (Å²) < 4.78 is 3.84. The van der Waals surface area contributed by atoms with Gasteiger partial charge in [0.2, 0.25) is 0 Å². The van der Waals surface area contributed by atoms with E-state index in [0.29, 0.717) is 17.9 Å². The molecule has 0 amide bonds. The number of nitrogens with zero attached hydrogens (tertiary/aromatic N) is 6. The van der Waals surface area contributed by atoms with Crippen LogP contribution in [0.2, 0.25) is 0 Å². The minimum atomic E-state index is 0.276. The number of aliphatic hydroxyl groups is 1. The number of aliphatic hydroxyl groups excluding tert-OH is 1. The molecule has 0 atom stereocenters. The molecule has 4 rings (SSSR count). The van der Waals surface area contributed by atoms with Crippen LogP contribution in [0.5, 0.6) is 0 Å². The first-order valence-electron chi connectivity index (χ1n) is 11.1. The van der Waals surface area contributed by atoms with E-state index in [0.717, 1.165) is 60.3 Å². The number of rotatable bonds is 9. The number of hydrogen-bond donors (Lipinski definition) is 2. The highest BCUT2D eigenvalue weighted by Crippen LogP contribution is 2.33. The average molecular weight is 422 g/mol. The Hall–Kier alpha value is -3.00. The van der Waals surface area contributed by atoms with Gasteiger partial charge in [0.25, 0.3) is 0 Å². The van der Waals surface area contributed by atoms with E-state index in [2.05, 4.69) is 35.2 Å². The Morgan fingerprint density at radius 3 is 2.77 bits per heavy atom. The van der Waals surface area contributed by atoms with Crippen LogP contribution in [0, 0.1) is 11.8 Å². The van der Waals surface area contributed by atoms with Gasteiger partial charge in [0.15, 0.2) is 0 Å². The zero-order valence-electron chi connectivity index (χ0n) is 18.2. The molecule has 3 aromatic heterocycles. The predicted molar refractivity (Wildman–Crippen MR) is 123 cm³/mol. The molecule has 1 aliphatic carbocycles. The van der Waals surface area contributed by atoms with Gasteiger partial charge in [-0.15, -0.1) is 0 Å². The second-order valence-electron chi connectivity index (χ2n) is 8.32. The minimum absolute atomic E-state index is 0.276. The largest absolute Gasteiger partial charge is 0.404 e. The van der Waals surface area contributed by atoms with Crippen LogP contribution in [-0.2, 0) is 0 Å². The summed E-state index contributed by atoms with van der Waals surface area (Å²) in [7, 11) is 0. The highest BCUT2D eigenvalue weighted by molar-refractivity contribution is 6.09. The van der Waals surface area contributed by atoms with E-state index in [1.54, 1.807) is 12.4 Å². The van der Waals surface area contributed by atoms with Crippen molar-refractivity contribution in [3.05, 3.63) is 42.7 Å². The zero-order valence-corrected chi connectivity index (χ0v) is 18.2. The molecule has 0 bridgehead atoms. The summed E-state index contributed by atoms with van der Waals surface area (Å²) >= 11 is 0. The molecular weight excluding hydrogens is 390 g/mol. The summed E-state index contributed by atoms with van der Waals surface area (Å²) in [6, 6.07) is 2.33. The van der Waals surface area contributed by atoms with Crippen molar-refractivity contribution in [3.8, 4) is 11.3 Å². The fraction of sp³-hybridized carbons (Fsp3) is 0.478. The number of allylic oxidation sites excluding steroid dienone is 1. The van der Waals surface area contributed by atoms with Gasteiger partial charge in [-0.3, -0.25) is 9.67 Å². The van der Waals surface area contributed by atoms with Crippen molar-refractivity contribution in [3.63, 3.8) is 0 Å². The molecule has 0 aliphatic heterocycles. The van der Waals surface area contributed by atoms with E-state index in [1.165, 1.54) is 6.20 Å². The summed E-state index contributed by atoms with van der Waals surface area (Å²) in [6.07, 6.45) is 15.0. The molecular formula is C23H31N7O. The first kappa shape index (κ1) is 21.2. The van der Waals surface area contributed by atoms with E-state index >= 15 is 0 Å². The maximum absolute atomic E-state index is 9.17. The third-order valence-corrected chi connectivity index (χ3v) is 6.24. The van der Waals surface area contributed by atoms with Crippen LogP contribution < -0.4 is 5.73 Å². The van der Waals surface area contributed by atoms with Crippen LogP contribution in [0.25, 0.3) is 22.3 Å². The number of fused-ring (bicyclic) bond motifs is 1. The maximum Gasteiger partial charge on any atom is 0.0999 e. The standard InChI is InChI=1S/C23H31N7O/c1-3-20(4-2)29-13-19(12-27-29)23-22-5-6-26-30(22)14-21(28-23)18(9-24)11-25-10-16-7-17(8-16)15-31/h5-6,9,11-14,16-17,20,31H,3-4,7-8,10,15,24H2,1-2H3. The van der Waals surface area contributed by atoms with Crippen molar-refractivity contribution in [2.45, 2.75) is 45.6 Å². The van der Waals surface area contributed by atoms with Gasteiger partial charge in [0, 0.05) is 42.9 Å². The molecule has 164 valence electrons. The Bertz CT molecular complexity index is 1070. The predicted octanol–water partition coefficient (Wildman–Crippen LogP) is 3.34. The van der Waals surface area contributed by atoms with Crippen LogP contribution in [0.15, 0.2) is 42.0 Å². The van der Waals surface area contributed by atoms with Gasteiger partial charge in [-0.25, -0.2) is 9.50 Å². The SMILES string of the molecule is CCC(CC)n1cc(-c2nc(C(C=NCC3CC(CO)C3)=CN)cn3nccc23)cn1. The fourth-order valence-corrected chi connectivity index (χ4v) is 4.27. The molecule has 8 nitrogen and oxygen atoms in total. The van der Waals surface area contributed by atoms with Crippen molar-refractivity contribution in [1.82, 2.24) is 24.4 Å². The van der Waals surface area contributed by atoms with Gasteiger partial charge in [0.05, 0.1) is 41.5 Å². The van der Waals surface area contributed by atoms with Crippen molar-refractivity contribution in [2.24, 2.45) is 22.6 Å². The van der Waals surface area contributed by atoms with Crippen LogP contribution >= 0.6 is 0 Å². The highest BCUT2D eigenvalue weighted by Gasteiger charge is 2.27. The Morgan fingerprint density at radius 1 is 1.26 bits per heavy atom. The van der Waals surface area contributed by atoms with E-state index < -0.39 is 0 Å². The molecule has 0 radical (unpaired) electrons. The Balaban J connectivity index is 1.60. The summed E-state index contributed by atoms with van der Waals surface area (Å²) in [4.78, 5) is 9.50. The number of aliphatic imine (C=N–C) groups is 1. The molecule has 0 spiro atoms. The molecule has 8 heteroatoms. The molecule has 3 N–H and O–H groups in total. The zero-order chi connectivity index (χ0) is 21.8. The lowest BCUT2D eigenvalue weighted by Gasteiger charge is -2.32. The van der Waals surface area contributed by atoms with Crippen LogP contribution in [0.4, 0.5) is 0 Å². The molecule has 0 aromatic carbocycles. The molecule has 3 aromatic rings. The lowest BCUT2D eigenvalue weighted by molar-refractivity contribution is 0.112. The Labute approximate surface area is 182 Å². The number of nitrogens with two attached hydrogens (primary N) is 1. The van der Waals surface area contributed by atoms with Gasteiger partial charge in [-0.2, -0.15) is 10.2 Å². The third kappa shape index (κ3) is 4.39. The maximum atomic E-state index is 9.17. The normalized spacial score (nSPS) is 19.5. The summed E-state index contributed by atoms with van der Waals surface area (Å²) in [5.41, 5.74) is 10.1. The summed E-state index contributed by atoms with van der Waals surface area (Å²) in [5.74, 6) is 0.984. The highest BCUT2D eigenvalue weighted by atomic mass is 16.3. The number of hydrogen-bond acceptors (Lipinski definition) is 6. The van der Waals surface area contributed by atoms with Crippen molar-refractivity contribution in [1.29, 1.82) is 0 Å². The molecule has 3 heterocycles. The van der Waals surface area contributed by atoms with E-state index in [9.17, 15) is 0 Å². The van der Waals surface area contributed by atoms with Gasteiger partial charge >= 0.3 is 0 Å². The molecule has 0 unspecified atom stereocenters. The van der Waals surface area contributed by atoms with Crippen molar-refractivity contribution < 1.29 is 5.11 Å². The third-order valence-electron chi connectivity index (χ3n) is 6.24. The van der Waals surface area contributed by atoms with E-state index in [4.69, 9.17) is 15.8 Å². The first-order valence-corrected chi connectivity index (χ1v) is 11.1. The second kappa shape index (κ2) is 9.43. The summed E-state index contributed by atoms with van der Waals surface area (Å²) in [6.45, 7) is 5.37. The van der Waals surface area contributed by atoms with Crippen molar-refractivity contribution in [2.75, 3.05) is 13.2 Å². The molecule has 31 heavy (non-hydrogen) atoms. The lowest BCUT2D eigenvalue weighted by Crippen LogP contribution is -2.28.